The molecule has 2 rings (SSSR count). The number of amides is 2. The van der Waals surface area contributed by atoms with E-state index in [4.69, 9.17) is 4.74 Å². The maximum Gasteiger partial charge on any atom is 0.410 e. The van der Waals surface area contributed by atoms with Crippen molar-refractivity contribution in [2.24, 2.45) is 0 Å². The second kappa shape index (κ2) is 8.52. The maximum atomic E-state index is 13.3. The average Bonchev–Trinajstić information content (AvgIpc) is 2.58. The van der Waals surface area contributed by atoms with Crippen LogP contribution in [0.25, 0.3) is 0 Å². The van der Waals surface area contributed by atoms with Gasteiger partial charge in [-0.3, -0.25) is 14.7 Å². The van der Waals surface area contributed by atoms with E-state index in [9.17, 15) is 9.59 Å². The summed E-state index contributed by atoms with van der Waals surface area (Å²) in [4.78, 5) is 33.4. The number of rotatable bonds is 4. The van der Waals surface area contributed by atoms with Gasteiger partial charge in [0.05, 0.1) is 0 Å². The number of nitrogens with zero attached hydrogens (tertiary/aromatic N) is 3. The van der Waals surface area contributed by atoms with E-state index in [-0.39, 0.29) is 11.9 Å². The van der Waals surface area contributed by atoms with Gasteiger partial charge in [0.2, 0.25) is 5.91 Å². The highest BCUT2D eigenvalue weighted by atomic mass is 16.6. The summed E-state index contributed by atoms with van der Waals surface area (Å²) >= 11 is 0. The lowest BCUT2D eigenvalue weighted by Gasteiger charge is -2.39. The molecule has 6 nitrogen and oxygen atoms in total. The Labute approximate surface area is 156 Å². The lowest BCUT2D eigenvalue weighted by molar-refractivity contribution is -0.140. The third-order valence-corrected chi connectivity index (χ3v) is 4.40. The molecule has 0 spiro atoms. The molecule has 0 radical (unpaired) electrons. The molecule has 1 saturated heterocycles. The Morgan fingerprint density at radius 2 is 2.08 bits per heavy atom. The van der Waals surface area contributed by atoms with Crippen LogP contribution < -0.4 is 0 Å². The Morgan fingerprint density at radius 3 is 2.65 bits per heavy atom. The van der Waals surface area contributed by atoms with Crippen LogP contribution in [0.4, 0.5) is 4.79 Å². The van der Waals surface area contributed by atoms with Crippen LogP contribution >= 0.6 is 0 Å². The van der Waals surface area contributed by atoms with Crippen molar-refractivity contribution in [1.29, 1.82) is 0 Å². The first-order valence-electron chi connectivity index (χ1n) is 9.38. The first kappa shape index (κ1) is 20.2. The summed E-state index contributed by atoms with van der Waals surface area (Å²) in [6.07, 6.45) is 5.60. The minimum Gasteiger partial charge on any atom is -0.444 e. The van der Waals surface area contributed by atoms with Gasteiger partial charge in [0.25, 0.3) is 0 Å². The highest BCUT2D eigenvalue weighted by molar-refractivity contribution is 5.86. The van der Waals surface area contributed by atoms with Gasteiger partial charge < -0.3 is 9.64 Å². The number of ether oxygens (including phenoxy) is 1. The molecule has 0 saturated carbocycles. The molecule has 26 heavy (non-hydrogen) atoms. The first-order chi connectivity index (χ1) is 12.2. The van der Waals surface area contributed by atoms with E-state index < -0.39 is 17.7 Å². The van der Waals surface area contributed by atoms with Gasteiger partial charge in [-0.2, -0.15) is 0 Å². The maximum absolute atomic E-state index is 13.3. The minimum absolute atomic E-state index is 0.0191. The zero-order valence-electron chi connectivity index (χ0n) is 16.6. The van der Waals surface area contributed by atoms with Gasteiger partial charge in [0, 0.05) is 31.5 Å². The van der Waals surface area contributed by atoms with Crippen LogP contribution in [0.1, 0.15) is 59.4 Å². The second-order valence-electron chi connectivity index (χ2n) is 8.11. The fourth-order valence-corrected chi connectivity index (χ4v) is 3.12. The first-order valence-corrected chi connectivity index (χ1v) is 9.38. The summed E-state index contributed by atoms with van der Waals surface area (Å²) in [5, 5.41) is 0. The van der Waals surface area contributed by atoms with Gasteiger partial charge in [-0.15, -0.1) is 0 Å². The van der Waals surface area contributed by atoms with E-state index in [0.717, 1.165) is 18.4 Å². The molecule has 1 aromatic rings. The summed E-state index contributed by atoms with van der Waals surface area (Å²) in [6.45, 7) is 10.6. The Morgan fingerprint density at radius 1 is 1.35 bits per heavy atom. The number of hydrogen-bond donors (Lipinski definition) is 0. The lowest BCUT2D eigenvalue weighted by atomic mass is 10.0. The Bertz CT molecular complexity index is 610. The van der Waals surface area contributed by atoms with E-state index in [1.165, 1.54) is 0 Å². The van der Waals surface area contributed by atoms with Crippen molar-refractivity contribution in [3.05, 3.63) is 30.1 Å². The molecule has 2 heterocycles. The number of carbonyl (C=O) groups excluding carboxylic acids is 2. The van der Waals surface area contributed by atoms with E-state index in [2.05, 4.69) is 4.98 Å². The molecule has 1 atom stereocenters. The van der Waals surface area contributed by atoms with Gasteiger partial charge in [0.15, 0.2) is 0 Å². The molecule has 0 N–H and O–H groups in total. The van der Waals surface area contributed by atoms with Crippen molar-refractivity contribution >= 4 is 12.0 Å². The van der Waals surface area contributed by atoms with Crippen molar-refractivity contribution in [3.8, 4) is 0 Å². The third-order valence-electron chi connectivity index (χ3n) is 4.40. The van der Waals surface area contributed by atoms with Gasteiger partial charge >= 0.3 is 6.09 Å². The summed E-state index contributed by atoms with van der Waals surface area (Å²) in [6, 6.07) is 3.40. The van der Waals surface area contributed by atoms with Crippen LogP contribution in [0.15, 0.2) is 24.5 Å². The summed E-state index contributed by atoms with van der Waals surface area (Å²) in [5.41, 5.74) is 0.407. The fourth-order valence-electron chi connectivity index (χ4n) is 3.12. The topological polar surface area (TPSA) is 62.7 Å². The van der Waals surface area contributed by atoms with Crippen LogP contribution in [0.2, 0.25) is 0 Å². The number of piperidine rings is 1. The molecule has 1 aliphatic rings. The highest BCUT2D eigenvalue weighted by Crippen LogP contribution is 2.23. The van der Waals surface area contributed by atoms with Crippen LogP contribution in [0, 0.1) is 0 Å². The molecular formula is C20H31N3O3. The van der Waals surface area contributed by atoms with Gasteiger partial charge in [-0.25, -0.2) is 4.79 Å². The van der Waals surface area contributed by atoms with Crippen LogP contribution in [-0.2, 0) is 16.1 Å². The molecule has 6 heteroatoms. The van der Waals surface area contributed by atoms with Crippen molar-refractivity contribution in [2.45, 2.75) is 78.1 Å². The fraction of sp³-hybridized carbons (Fsp3) is 0.650. The molecule has 1 aromatic heterocycles. The standard InChI is InChI=1S/C20H31N3O3/c1-15(2)23(14-16-9-8-11-21-13-16)18(24)17-10-6-7-12-22(17)19(25)26-20(3,4)5/h8-9,11,13,15,17H,6-7,10,12,14H2,1-5H3/t17-/m1/s1. The molecule has 0 aromatic carbocycles. The van der Waals surface area contributed by atoms with Crippen molar-refractivity contribution < 1.29 is 14.3 Å². The molecule has 2 amide bonds. The molecule has 0 bridgehead atoms. The minimum atomic E-state index is -0.574. The number of hydrogen-bond acceptors (Lipinski definition) is 4. The predicted octanol–water partition coefficient (Wildman–Crippen LogP) is 3.61. The van der Waals surface area contributed by atoms with E-state index in [0.29, 0.717) is 19.5 Å². The molecule has 0 aliphatic carbocycles. The van der Waals surface area contributed by atoms with Crippen molar-refractivity contribution in [2.75, 3.05) is 6.54 Å². The Hall–Kier alpha value is -2.11. The largest absolute Gasteiger partial charge is 0.444 e. The predicted molar refractivity (Wildman–Crippen MR) is 101 cm³/mol. The van der Waals surface area contributed by atoms with Crippen LogP contribution in [-0.4, -0.2) is 51.0 Å². The van der Waals surface area contributed by atoms with E-state index in [1.807, 2.05) is 51.7 Å². The lowest BCUT2D eigenvalue weighted by Crippen LogP contribution is -2.55. The zero-order valence-corrected chi connectivity index (χ0v) is 16.6. The number of likely N-dealkylation sites (tertiary alicyclic amines) is 1. The summed E-state index contributed by atoms with van der Waals surface area (Å²) < 4.78 is 5.52. The number of carbonyl (C=O) groups is 2. The van der Waals surface area contributed by atoms with Gasteiger partial charge in [-0.1, -0.05) is 6.07 Å². The third kappa shape index (κ3) is 5.44. The summed E-state index contributed by atoms with van der Waals surface area (Å²) in [7, 11) is 0. The Kier molecular flexibility index (Phi) is 6.62. The molecule has 144 valence electrons. The van der Waals surface area contributed by atoms with Crippen molar-refractivity contribution in [1.82, 2.24) is 14.8 Å². The smallest absolute Gasteiger partial charge is 0.410 e. The normalized spacial score (nSPS) is 17.9. The van der Waals surface area contributed by atoms with Gasteiger partial charge in [0.1, 0.15) is 11.6 Å². The van der Waals surface area contributed by atoms with Crippen molar-refractivity contribution in [3.63, 3.8) is 0 Å². The molecule has 1 aliphatic heterocycles. The zero-order chi connectivity index (χ0) is 19.3. The second-order valence-corrected chi connectivity index (χ2v) is 8.11. The monoisotopic (exact) mass is 361 g/mol. The molecule has 1 fully saturated rings. The van der Waals surface area contributed by atoms with Gasteiger partial charge in [-0.05, 0) is 65.5 Å². The van der Waals surface area contributed by atoms with Crippen LogP contribution in [0.3, 0.4) is 0 Å². The quantitative estimate of drug-likeness (QED) is 0.822. The summed E-state index contributed by atoms with van der Waals surface area (Å²) in [5.74, 6) is -0.0191. The number of pyridine rings is 1. The number of aromatic nitrogens is 1. The highest BCUT2D eigenvalue weighted by Gasteiger charge is 2.37. The SMILES string of the molecule is CC(C)N(Cc1cccnc1)C(=O)[C@H]1CCCCN1C(=O)OC(C)(C)C. The van der Waals surface area contributed by atoms with E-state index in [1.54, 1.807) is 17.3 Å². The molecule has 0 unspecified atom stereocenters. The van der Waals surface area contributed by atoms with E-state index >= 15 is 0 Å². The average molecular weight is 361 g/mol. The Balaban J connectivity index is 2.17. The molecular weight excluding hydrogens is 330 g/mol. The van der Waals surface area contributed by atoms with Crippen LogP contribution in [0.5, 0.6) is 0 Å².